The zero-order valence-electron chi connectivity index (χ0n) is 9.51. The average Bonchev–Trinajstić information content (AvgIpc) is 2.63. The van der Waals surface area contributed by atoms with E-state index in [0.717, 1.165) is 6.42 Å². The van der Waals surface area contributed by atoms with E-state index >= 15 is 0 Å². The van der Waals surface area contributed by atoms with Gasteiger partial charge in [0.2, 0.25) is 11.8 Å². The first-order chi connectivity index (χ1) is 7.43. The summed E-state index contributed by atoms with van der Waals surface area (Å²) in [5.74, 6) is -1.10. The van der Waals surface area contributed by atoms with Gasteiger partial charge in [-0.15, -0.1) is 0 Å². The molecule has 3 N–H and O–H groups in total. The van der Waals surface area contributed by atoms with E-state index in [0.29, 0.717) is 13.0 Å². The van der Waals surface area contributed by atoms with Crippen LogP contribution < -0.4 is 5.32 Å². The topological polar surface area (TPSA) is 89.9 Å². The summed E-state index contributed by atoms with van der Waals surface area (Å²) >= 11 is 0. The summed E-state index contributed by atoms with van der Waals surface area (Å²) < 4.78 is 0. The van der Waals surface area contributed by atoms with Crippen LogP contribution in [0.4, 0.5) is 0 Å². The van der Waals surface area contributed by atoms with Crippen molar-refractivity contribution in [3.63, 3.8) is 0 Å². The largest absolute Gasteiger partial charge is 0.475 e. The average molecular weight is 228 g/mol. The Morgan fingerprint density at radius 2 is 2.12 bits per heavy atom. The lowest BCUT2D eigenvalue weighted by molar-refractivity contribution is -0.135. The molecule has 7 heteroatoms. The van der Waals surface area contributed by atoms with Crippen molar-refractivity contribution in [2.24, 2.45) is 0 Å². The molecular weight excluding hydrogens is 211 g/mol. The highest BCUT2D eigenvalue weighted by molar-refractivity contribution is 6.43. The van der Waals surface area contributed by atoms with Crippen LogP contribution in [0.2, 0.25) is 0 Å². The Hall–Kier alpha value is -1.08. The molecule has 0 spiro atoms. The predicted molar refractivity (Wildman–Crippen MR) is 58.2 cm³/mol. The van der Waals surface area contributed by atoms with E-state index in [2.05, 4.69) is 5.32 Å². The van der Waals surface area contributed by atoms with Crippen LogP contribution in [0.15, 0.2) is 0 Å². The van der Waals surface area contributed by atoms with Crippen LogP contribution in [0.25, 0.3) is 0 Å². The highest BCUT2D eigenvalue weighted by Crippen LogP contribution is 2.18. The molecule has 0 aromatic rings. The quantitative estimate of drug-likeness (QED) is 0.513. The molecule has 16 heavy (non-hydrogen) atoms. The smallest absolute Gasteiger partial charge is 0.426 e. The van der Waals surface area contributed by atoms with E-state index < -0.39 is 19.1 Å². The van der Waals surface area contributed by atoms with E-state index in [9.17, 15) is 9.59 Å². The van der Waals surface area contributed by atoms with Gasteiger partial charge in [-0.2, -0.15) is 0 Å². The number of nitrogens with zero attached hydrogens (tertiary/aromatic N) is 1. The van der Waals surface area contributed by atoms with Crippen LogP contribution in [-0.4, -0.2) is 52.4 Å². The van der Waals surface area contributed by atoms with Gasteiger partial charge in [0.05, 0.1) is 5.94 Å². The SMILES string of the molecule is CC(=O)N[C@H](C)C(=O)N1CCCC1B(O)O. The standard InChI is InChI=1S/C9H17BN2O4/c1-6(11-7(2)13)9(14)12-5-3-4-8(12)10(15)16/h6,8,15-16H,3-5H2,1-2H3,(H,11,13)/t6-,8?/m1/s1. The summed E-state index contributed by atoms with van der Waals surface area (Å²) in [6.07, 6.45) is 1.33. The third-order valence-corrected chi connectivity index (χ3v) is 2.72. The van der Waals surface area contributed by atoms with Gasteiger partial charge in [0.15, 0.2) is 0 Å². The van der Waals surface area contributed by atoms with E-state index in [1.807, 2.05) is 0 Å². The van der Waals surface area contributed by atoms with Gasteiger partial charge in [-0.25, -0.2) is 0 Å². The maximum atomic E-state index is 11.9. The molecule has 1 heterocycles. The number of likely N-dealkylation sites (tertiary alicyclic amines) is 1. The number of hydrogen-bond donors (Lipinski definition) is 3. The maximum Gasteiger partial charge on any atom is 0.475 e. The summed E-state index contributed by atoms with van der Waals surface area (Å²) in [4.78, 5) is 24.1. The Morgan fingerprint density at radius 3 is 2.62 bits per heavy atom. The molecule has 1 aliphatic rings. The molecule has 0 saturated carbocycles. The van der Waals surface area contributed by atoms with Crippen LogP contribution in [-0.2, 0) is 9.59 Å². The molecule has 90 valence electrons. The number of carbonyl (C=O) groups is 2. The van der Waals surface area contributed by atoms with Gasteiger partial charge >= 0.3 is 7.12 Å². The van der Waals surface area contributed by atoms with Crippen molar-refractivity contribution in [2.75, 3.05) is 6.54 Å². The molecule has 1 fully saturated rings. The fourth-order valence-electron chi connectivity index (χ4n) is 1.99. The molecule has 1 rings (SSSR count). The first kappa shape index (κ1) is 13.0. The third kappa shape index (κ3) is 2.96. The highest BCUT2D eigenvalue weighted by Gasteiger charge is 2.38. The Morgan fingerprint density at radius 1 is 1.50 bits per heavy atom. The van der Waals surface area contributed by atoms with Crippen LogP contribution in [0.3, 0.4) is 0 Å². The molecule has 1 aliphatic heterocycles. The van der Waals surface area contributed by atoms with Crippen molar-refractivity contribution in [2.45, 2.75) is 38.7 Å². The predicted octanol–water partition coefficient (Wildman–Crippen LogP) is -1.49. The molecule has 2 amide bonds. The van der Waals surface area contributed by atoms with Gasteiger partial charge in [-0.05, 0) is 19.8 Å². The summed E-state index contributed by atoms with van der Waals surface area (Å²) in [5.41, 5.74) is 0. The van der Waals surface area contributed by atoms with Crippen molar-refractivity contribution in [3.05, 3.63) is 0 Å². The summed E-state index contributed by atoms with van der Waals surface area (Å²) in [6, 6.07) is -0.628. The van der Waals surface area contributed by atoms with Crippen LogP contribution in [0.5, 0.6) is 0 Å². The van der Waals surface area contributed by atoms with Crippen molar-refractivity contribution >= 4 is 18.9 Å². The van der Waals surface area contributed by atoms with Gasteiger partial charge in [-0.1, -0.05) is 0 Å². The monoisotopic (exact) mass is 228 g/mol. The fraction of sp³-hybridized carbons (Fsp3) is 0.778. The number of carbonyl (C=O) groups excluding carboxylic acids is 2. The van der Waals surface area contributed by atoms with Gasteiger partial charge in [0, 0.05) is 13.5 Å². The lowest BCUT2D eigenvalue weighted by atomic mass is 9.78. The van der Waals surface area contributed by atoms with Crippen LogP contribution in [0, 0.1) is 0 Å². The molecule has 1 saturated heterocycles. The second-order valence-corrected chi connectivity index (χ2v) is 4.08. The molecular formula is C9H17BN2O4. The Kier molecular flexibility index (Phi) is 4.31. The van der Waals surface area contributed by atoms with Crippen molar-refractivity contribution in [1.82, 2.24) is 10.2 Å². The van der Waals surface area contributed by atoms with Crippen molar-refractivity contribution < 1.29 is 19.6 Å². The molecule has 0 aromatic carbocycles. The zero-order valence-corrected chi connectivity index (χ0v) is 9.51. The molecule has 0 aliphatic carbocycles. The van der Waals surface area contributed by atoms with E-state index in [-0.39, 0.29) is 11.8 Å². The van der Waals surface area contributed by atoms with Crippen LogP contribution >= 0.6 is 0 Å². The summed E-state index contributed by atoms with van der Waals surface area (Å²) in [5, 5.41) is 20.7. The fourth-order valence-corrected chi connectivity index (χ4v) is 1.99. The molecule has 0 radical (unpaired) electrons. The number of hydrogen-bond acceptors (Lipinski definition) is 4. The van der Waals surface area contributed by atoms with E-state index in [4.69, 9.17) is 10.0 Å². The van der Waals surface area contributed by atoms with Crippen LogP contribution in [0.1, 0.15) is 26.7 Å². The number of nitrogens with one attached hydrogen (secondary N) is 1. The first-order valence-corrected chi connectivity index (χ1v) is 5.37. The van der Waals surface area contributed by atoms with Gasteiger partial charge in [0.1, 0.15) is 6.04 Å². The third-order valence-electron chi connectivity index (χ3n) is 2.72. The second-order valence-electron chi connectivity index (χ2n) is 4.08. The molecule has 0 bridgehead atoms. The highest BCUT2D eigenvalue weighted by atomic mass is 16.4. The molecule has 6 nitrogen and oxygen atoms in total. The normalized spacial score (nSPS) is 21.8. The van der Waals surface area contributed by atoms with E-state index in [1.54, 1.807) is 6.92 Å². The number of rotatable bonds is 3. The van der Waals surface area contributed by atoms with Gasteiger partial charge < -0.3 is 20.3 Å². The molecule has 2 atom stereocenters. The van der Waals surface area contributed by atoms with E-state index in [1.165, 1.54) is 11.8 Å². The summed E-state index contributed by atoms with van der Waals surface area (Å²) in [6.45, 7) is 3.43. The first-order valence-electron chi connectivity index (χ1n) is 5.37. The summed E-state index contributed by atoms with van der Waals surface area (Å²) in [7, 11) is -1.52. The minimum Gasteiger partial charge on any atom is -0.426 e. The van der Waals surface area contributed by atoms with Crippen molar-refractivity contribution in [1.29, 1.82) is 0 Å². The molecule has 1 unspecified atom stereocenters. The Bertz CT molecular complexity index is 285. The zero-order chi connectivity index (χ0) is 12.3. The Labute approximate surface area is 94.8 Å². The minimum absolute atomic E-state index is 0.272. The molecule has 0 aromatic heterocycles. The second kappa shape index (κ2) is 5.31. The lowest BCUT2D eigenvalue weighted by Gasteiger charge is -2.27. The maximum absolute atomic E-state index is 11.9. The van der Waals surface area contributed by atoms with Gasteiger partial charge in [-0.3, -0.25) is 9.59 Å². The minimum atomic E-state index is -1.52. The van der Waals surface area contributed by atoms with Crippen molar-refractivity contribution in [3.8, 4) is 0 Å². The van der Waals surface area contributed by atoms with Gasteiger partial charge in [0.25, 0.3) is 0 Å². The Balaban J connectivity index is 2.62. The number of amides is 2. The lowest BCUT2D eigenvalue weighted by Crippen LogP contribution is -2.52.